The number of nitrogens with zero attached hydrogens (tertiary/aromatic N) is 4. The first kappa shape index (κ1) is 22.3. The molecule has 32 heavy (non-hydrogen) atoms. The number of hydrogen-bond donors (Lipinski definition) is 1. The molecule has 9 heteroatoms. The van der Waals surface area contributed by atoms with Gasteiger partial charge in [0, 0.05) is 18.8 Å². The zero-order chi connectivity index (χ0) is 22.2. The number of carbonyl (C=O) groups is 1. The van der Waals surface area contributed by atoms with Crippen LogP contribution in [0.4, 0.5) is 5.69 Å². The summed E-state index contributed by atoms with van der Waals surface area (Å²) in [6, 6.07) is 17.4. The van der Waals surface area contributed by atoms with E-state index in [9.17, 15) is 4.79 Å². The first-order chi connectivity index (χ1) is 15.7. The fourth-order valence-electron chi connectivity index (χ4n) is 3.46. The number of morpholine rings is 1. The van der Waals surface area contributed by atoms with Gasteiger partial charge in [0.15, 0.2) is 11.0 Å². The molecule has 2 aromatic carbocycles. The number of para-hydroxylation sites is 3. The molecule has 0 bridgehead atoms. The molecule has 168 valence electrons. The summed E-state index contributed by atoms with van der Waals surface area (Å²) in [6.45, 7) is 6.32. The maximum Gasteiger partial charge on any atom is 0.234 e. The summed E-state index contributed by atoms with van der Waals surface area (Å²) in [7, 11) is 0. The first-order valence-electron chi connectivity index (χ1n) is 10.7. The lowest BCUT2D eigenvalue weighted by atomic mass is 10.3. The Kier molecular flexibility index (Phi) is 7.76. The van der Waals surface area contributed by atoms with E-state index in [1.54, 1.807) is 0 Å². The van der Waals surface area contributed by atoms with Crippen molar-refractivity contribution in [2.45, 2.75) is 18.6 Å². The molecule has 1 amide bonds. The molecule has 1 fully saturated rings. The van der Waals surface area contributed by atoms with Crippen LogP contribution in [0.3, 0.4) is 0 Å². The third-order valence-corrected chi connectivity index (χ3v) is 5.91. The highest BCUT2D eigenvalue weighted by Gasteiger charge is 2.20. The van der Waals surface area contributed by atoms with Crippen LogP contribution in [0.2, 0.25) is 0 Å². The van der Waals surface area contributed by atoms with Crippen molar-refractivity contribution < 1.29 is 14.3 Å². The van der Waals surface area contributed by atoms with E-state index in [2.05, 4.69) is 20.4 Å². The van der Waals surface area contributed by atoms with Crippen molar-refractivity contribution in [3.63, 3.8) is 0 Å². The molecule has 1 aliphatic rings. The summed E-state index contributed by atoms with van der Waals surface area (Å²) in [6.07, 6.45) is 0. The highest BCUT2D eigenvalue weighted by Crippen LogP contribution is 2.26. The lowest BCUT2D eigenvalue weighted by molar-refractivity contribution is -0.113. The standard InChI is InChI=1S/C23H27N5O3S/c1-2-31-20-11-7-6-10-19(20)24-22(29)17-32-23-26-25-21(16-27-12-14-30-15-13-27)28(23)18-8-4-3-5-9-18/h3-11H,2,12-17H2,1H3,(H,24,29). The molecule has 1 saturated heterocycles. The minimum Gasteiger partial charge on any atom is -0.492 e. The molecule has 0 radical (unpaired) electrons. The molecule has 4 rings (SSSR count). The van der Waals surface area contributed by atoms with Crippen LogP contribution in [0.5, 0.6) is 5.75 Å². The van der Waals surface area contributed by atoms with Crippen LogP contribution in [0.1, 0.15) is 12.7 Å². The van der Waals surface area contributed by atoms with Gasteiger partial charge in [0.05, 0.1) is 37.8 Å². The Morgan fingerprint density at radius 1 is 1.09 bits per heavy atom. The second kappa shape index (κ2) is 11.1. The Balaban J connectivity index is 1.48. The van der Waals surface area contributed by atoms with E-state index in [1.165, 1.54) is 11.8 Å². The van der Waals surface area contributed by atoms with E-state index in [4.69, 9.17) is 9.47 Å². The van der Waals surface area contributed by atoms with E-state index in [0.29, 0.717) is 29.7 Å². The van der Waals surface area contributed by atoms with Gasteiger partial charge in [-0.15, -0.1) is 10.2 Å². The predicted octanol–water partition coefficient (Wildman–Crippen LogP) is 3.23. The van der Waals surface area contributed by atoms with Crippen LogP contribution in [-0.4, -0.2) is 64.2 Å². The number of rotatable bonds is 9. The second-order valence-electron chi connectivity index (χ2n) is 7.22. The molecule has 0 atom stereocenters. The van der Waals surface area contributed by atoms with Crippen molar-refractivity contribution in [3.05, 3.63) is 60.4 Å². The van der Waals surface area contributed by atoms with Gasteiger partial charge in [-0.3, -0.25) is 14.3 Å². The third kappa shape index (κ3) is 5.67. The Morgan fingerprint density at radius 3 is 2.62 bits per heavy atom. The molecule has 1 aliphatic heterocycles. The van der Waals surface area contributed by atoms with Crippen molar-refractivity contribution in [1.29, 1.82) is 0 Å². The second-order valence-corrected chi connectivity index (χ2v) is 8.17. The smallest absolute Gasteiger partial charge is 0.234 e. The molecular weight excluding hydrogens is 426 g/mol. The molecule has 0 unspecified atom stereocenters. The van der Waals surface area contributed by atoms with Gasteiger partial charge in [-0.1, -0.05) is 42.1 Å². The summed E-state index contributed by atoms with van der Waals surface area (Å²) in [5.74, 6) is 1.60. The molecule has 2 heterocycles. The van der Waals surface area contributed by atoms with E-state index in [-0.39, 0.29) is 11.7 Å². The monoisotopic (exact) mass is 453 g/mol. The Hall–Kier alpha value is -2.88. The quantitative estimate of drug-likeness (QED) is 0.498. The number of amides is 1. The highest BCUT2D eigenvalue weighted by molar-refractivity contribution is 7.99. The van der Waals surface area contributed by atoms with E-state index in [0.717, 1.165) is 37.8 Å². The number of thioether (sulfide) groups is 1. The minimum atomic E-state index is -0.125. The molecule has 8 nitrogen and oxygen atoms in total. The van der Waals surface area contributed by atoms with Crippen LogP contribution < -0.4 is 10.1 Å². The van der Waals surface area contributed by atoms with Gasteiger partial charge < -0.3 is 14.8 Å². The molecule has 0 aliphatic carbocycles. The number of aromatic nitrogens is 3. The first-order valence-corrected chi connectivity index (χ1v) is 11.7. The minimum absolute atomic E-state index is 0.125. The Labute approximate surface area is 191 Å². The SMILES string of the molecule is CCOc1ccccc1NC(=O)CSc1nnc(CN2CCOCC2)n1-c1ccccc1. The highest BCUT2D eigenvalue weighted by atomic mass is 32.2. The van der Waals surface area contributed by atoms with Crippen LogP contribution in [0, 0.1) is 0 Å². The fraction of sp³-hybridized carbons (Fsp3) is 0.348. The predicted molar refractivity (Wildman–Crippen MR) is 124 cm³/mol. The van der Waals surface area contributed by atoms with Gasteiger partial charge in [0.25, 0.3) is 0 Å². The van der Waals surface area contributed by atoms with Gasteiger partial charge in [-0.25, -0.2) is 0 Å². The van der Waals surface area contributed by atoms with E-state index >= 15 is 0 Å². The van der Waals surface area contributed by atoms with E-state index in [1.807, 2.05) is 66.1 Å². The van der Waals surface area contributed by atoms with Gasteiger partial charge in [0.2, 0.25) is 5.91 Å². The number of benzene rings is 2. The average Bonchev–Trinajstić information content (AvgIpc) is 3.22. The topological polar surface area (TPSA) is 81.5 Å². The Morgan fingerprint density at radius 2 is 1.84 bits per heavy atom. The number of carbonyl (C=O) groups excluding carboxylic acids is 1. The normalized spacial score (nSPS) is 14.3. The van der Waals surface area contributed by atoms with Gasteiger partial charge in [0.1, 0.15) is 5.75 Å². The average molecular weight is 454 g/mol. The summed E-state index contributed by atoms with van der Waals surface area (Å²) in [4.78, 5) is 15.0. The van der Waals surface area contributed by atoms with Crippen LogP contribution in [0.15, 0.2) is 59.8 Å². The largest absolute Gasteiger partial charge is 0.492 e. The molecular formula is C23H27N5O3S. The van der Waals surface area contributed by atoms with Gasteiger partial charge in [-0.05, 0) is 31.2 Å². The number of nitrogens with one attached hydrogen (secondary N) is 1. The molecule has 1 aromatic heterocycles. The van der Waals surface area contributed by atoms with Crippen LogP contribution >= 0.6 is 11.8 Å². The zero-order valence-electron chi connectivity index (χ0n) is 18.1. The molecule has 0 saturated carbocycles. The molecule has 0 spiro atoms. The third-order valence-electron chi connectivity index (χ3n) is 4.98. The van der Waals surface area contributed by atoms with Crippen molar-refractivity contribution in [1.82, 2.24) is 19.7 Å². The molecule has 1 N–H and O–H groups in total. The van der Waals surface area contributed by atoms with Crippen molar-refractivity contribution in [2.24, 2.45) is 0 Å². The van der Waals surface area contributed by atoms with Crippen molar-refractivity contribution >= 4 is 23.4 Å². The maximum atomic E-state index is 12.6. The number of hydrogen-bond acceptors (Lipinski definition) is 7. The zero-order valence-corrected chi connectivity index (χ0v) is 18.9. The number of anilines is 1. The maximum absolute atomic E-state index is 12.6. The summed E-state index contributed by atoms with van der Waals surface area (Å²) >= 11 is 1.36. The summed E-state index contributed by atoms with van der Waals surface area (Å²) in [5.41, 5.74) is 1.64. The van der Waals surface area contributed by atoms with Crippen LogP contribution in [0.25, 0.3) is 5.69 Å². The van der Waals surface area contributed by atoms with Crippen LogP contribution in [-0.2, 0) is 16.1 Å². The fourth-order valence-corrected chi connectivity index (χ4v) is 4.23. The van der Waals surface area contributed by atoms with Gasteiger partial charge >= 0.3 is 0 Å². The lowest BCUT2D eigenvalue weighted by Gasteiger charge is -2.26. The number of ether oxygens (including phenoxy) is 2. The van der Waals surface area contributed by atoms with Crippen molar-refractivity contribution in [3.8, 4) is 11.4 Å². The summed E-state index contributed by atoms with van der Waals surface area (Å²) < 4.78 is 13.1. The molecule has 3 aromatic rings. The van der Waals surface area contributed by atoms with E-state index < -0.39 is 0 Å². The summed E-state index contributed by atoms with van der Waals surface area (Å²) in [5, 5.41) is 12.5. The van der Waals surface area contributed by atoms with Crippen molar-refractivity contribution in [2.75, 3.05) is 44.0 Å². The van der Waals surface area contributed by atoms with Gasteiger partial charge in [-0.2, -0.15) is 0 Å². The Bertz CT molecular complexity index is 1020. The lowest BCUT2D eigenvalue weighted by Crippen LogP contribution is -2.36.